The van der Waals surface area contributed by atoms with Crippen LogP contribution in [0.25, 0.3) is 0 Å². The summed E-state index contributed by atoms with van der Waals surface area (Å²) in [4.78, 5) is 28.6. The molecule has 2 rings (SSSR count). The van der Waals surface area contributed by atoms with Crippen LogP contribution in [0.2, 0.25) is 0 Å². The molecule has 1 unspecified atom stereocenters. The van der Waals surface area contributed by atoms with Gasteiger partial charge < -0.3 is 10.2 Å². The molecule has 2 amide bonds. The molecular formula is C19H28FN3O2. The summed E-state index contributed by atoms with van der Waals surface area (Å²) in [6.45, 7) is 5.55. The monoisotopic (exact) mass is 349 g/mol. The Bertz CT molecular complexity index is 604. The molecule has 6 heteroatoms. The van der Waals surface area contributed by atoms with E-state index in [1.54, 1.807) is 30.1 Å². The lowest BCUT2D eigenvalue weighted by molar-refractivity contribution is -0.139. The molecule has 1 aromatic carbocycles. The molecule has 25 heavy (non-hydrogen) atoms. The van der Waals surface area contributed by atoms with Crippen LogP contribution < -0.4 is 5.32 Å². The van der Waals surface area contributed by atoms with Gasteiger partial charge in [-0.1, -0.05) is 32.0 Å². The summed E-state index contributed by atoms with van der Waals surface area (Å²) in [6, 6.07) is 6.19. The molecule has 0 bridgehead atoms. The molecular weight excluding hydrogens is 321 g/mol. The molecule has 1 heterocycles. The fourth-order valence-corrected chi connectivity index (χ4v) is 3.37. The van der Waals surface area contributed by atoms with E-state index in [-0.39, 0.29) is 30.1 Å². The maximum absolute atomic E-state index is 14.0. The van der Waals surface area contributed by atoms with Crippen LogP contribution in [0.15, 0.2) is 24.3 Å². The highest BCUT2D eigenvalue weighted by Crippen LogP contribution is 2.18. The second kappa shape index (κ2) is 8.94. The molecule has 1 aliphatic heterocycles. The number of amides is 2. The number of piperazine rings is 1. The lowest BCUT2D eigenvalue weighted by Gasteiger charge is -2.36. The summed E-state index contributed by atoms with van der Waals surface area (Å²) < 4.78 is 14.0. The lowest BCUT2D eigenvalue weighted by atomic mass is 10.0. The summed E-state index contributed by atoms with van der Waals surface area (Å²) in [7, 11) is 1.79. The smallest absolute Gasteiger partial charge is 0.237 e. The molecule has 0 aromatic heterocycles. The van der Waals surface area contributed by atoms with Crippen LogP contribution in [0.5, 0.6) is 0 Å². The van der Waals surface area contributed by atoms with Gasteiger partial charge in [0.1, 0.15) is 5.82 Å². The van der Waals surface area contributed by atoms with Gasteiger partial charge >= 0.3 is 0 Å². The zero-order chi connectivity index (χ0) is 18.4. The highest BCUT2D eigenvalue weighted by atomic mass is 19.1. The van der Waals surface area contributed by atoms with Crippen LogP contribution in [0.4, 0.5) is 4.39 Å². The minimum absolute atomic E-state index is 0.0470. The molecule has 0 radical (unpaired) electrons. The van der Waals surface area contributed by atoms with E-state index in [0.29, 0.717) is 25.2 Å². The van der Waals surface area contributed by atoms with Crippen LogP contribution >= 0.6 is 0 Å². The van der Waals surface area contributed by atoms with Crippen LogP contribution in [0, 0.1) is 5.82 Å². The fourth-order valence-electron chi connectivity index (χ4n) is 3.37. The largest absolute Gasteiger partial charge is 0.353 e. The molecule has 0 spiro atoms. The Morgan fingerprint density at radius 1 is 1.36 bits per heavy atom. The van der Waals surface area contributed by atoms with Crippen molar-refractivity contribution in [1.82, 2.24) is 15.1 Å². The molecule has 0 saturated carbocycles. The van der Waals surface area contributed by atoms with Gasteiger partial charge in [-0.2, -0.15) is 0 Å². The fraction of sp³-hybridized carbons (Fsp3) is 0.579. The molecule has 1 aromatic rings. The Labute approximate surface area is 149 Å². The average Bonchev–Trinajstić information content (AvgIpc) is 2.60. The summed E-state index contributed by atoms with van der Waals surface area (Å²) >= 11 is 0. The number of carbonyl (C=O) groups is 2. The Kier molecular flexibility index (Phi) is 6.93. The third-order valence-electron chi connectivity index (χ3n) is 5.02. The van der Waals surface area contributed by atoms with Gasteiger partial charge in [-0.25, -0.2) is 4.39 Å². The summed E-state index contributed by atoms with van der Waals surface area (Å²) in [6.07, 6.45) is 1.89. The topological polar surface area (TPSA) is 52.7 Å². The number of hydrogen-bond acceptors (Lipinski definition) is 3. The molecule has 1 saturated heterocycles. The third-order valence-corrected chi connectivity index (χ3v) is 5.02. The molecule has 1 atom stereocenters. The lowest BCUT2D eigenvalue weighted by Crippen LogP contribution is -2.56. The molecule has 1 aliphatic rings. The van der Waals surface area contributed by atoms with Crippen molar-refractivity contribution in [3.63, 3.8) is 0 Å². The second-order valence-electron chi connectivity index (χ2n) is 6.55. The van der Waals surface area contributed by atoms with Gasteiger partial charge in [-0.3, -0.25) is 14.5 Å². The van der Waals surface area contributed by atoms with Crippen molar-refractivity contribution in [3.8, 4) is 0 Å². The minimum atomic E-state index is -0.558. The van der Waals surface area contributed by atoms with Crippen LogP contribution in [-0.2, 0) is 16.1 Å². The van der Waals surface area contributed by atoms with Gasteiger partial charge in [0.25, 0.3) is 0 Å². The van der Waals surface area contributed by atoms with E-state index in [9.17, 15) is 14.0 Å². The van der Waals surface area contributed by atoms with Crippen molar-refractivity contribution in [2.45, 2.75) is 51.7 Å². The summed E-state index contributed by atoms with van der Waals surface area (Å²) in [5, 5.41) is 2.82. The first kappa shape index (κ1) is 19.4. The number of rotatable bonds is 7. The third kappa shape index (κ3) is 4.78. The zero-order valence-electron chi connectivity index (χ0n) is 15.3. The normalized spacial score (nSPS) is 18.3. The van der Waals surface area contributed by atoms with Crippen molar-refractivity contribution in [2.75, 3.05) is 20.1 Å². The van der Waals surface area contributed by atoms with Crippen molar-refractivity contribution >= 4 is 11.8 Å². The van der Waals surface area contributed by atoms with E-state index in [4.69, 9.17) is 0 Å². The number of nitrogens with one attached hydrogen (secondary N) is 1. The van der Waals surface area contributed by atoms with E-state index < -0.39 is 6.04 Å². The molecule has 1 N–H and O–H groups in total. The van der Waals surface area contributed by atoms with E-state index in [1.807, 2.05) is 4.90 Å². The standard InChI is InChI=1S/C19H28FN3O2/c1-4-15(5-2)22(3)18(24)12-17-19(25)21-10-11-23(17)13-14-8-6-7-9-16(14)20/h6-9,15,17H,4-5,10-13H2,1-3H3,(H,21,25). The molecule has 1 fully saturated rings. The Morgan fingerprint density at radius 2 is 2.04 bits per heavy atom. The Morgan fingerprint density at radius 3 is 2.68 bits per heavy atom. The molecule has 138 valence electrons. The van der Waals surface area contributed by atoms with Gasteiger partial charge in [0, 0.05) is 38.3 Å². The van der Waals surface area contributed by atoms with E-state index in [0.717, 1.165) is 12.8 Å². The van der Waals surface area contributed by atoms with Crippen molar-refractivity contribution < 1.29 is 14.0 Å². The number of nitrogens with zero attached hydrogens (tertiary/aromatic N) is 2. The molecule has 0 aliphatic carbocycles. The zero-order valence-corrected chi connectivity index (χ0v) is 15.3. The number of carbonyl (C=O) groups excluding carboxylic acids is 2. The first-order valence-corrected chi connectivity index (χ1v) is 8.98. The van der Waals surface area contributed by atoms with Crippen molar-refractivity contribution in [2.24, 2.45) is 0 Å². The minimum Gasteiger partial charge on any atom is -0.353 e. The summed E-state index contributed by atoms with van der Waals surface area (Å²) in [5.41, 5.74) is 0.544. The van der Waals surface area contributed by atoms with E-state index in [2.05, 4.69) is 19.2 Å². The van der Waals surface area contributed by atoms with Crippen molar-refractivity contribution in [1.29, 1.82) is 0 Å². The maximum atomic E-state index is 14.0. The van der Waals surface area contributed by atoms with Gasteiger partial charge in [0.2, 0.25) is 11.8 Å². The van der Waals surface area contributed by atoms with Gasteiger partial charge in [-0.15, -0.1) is 0 Å². The predicted molar refractivity (Wildman–Crippen MR) is 95.4 cm³/mol. The van der Waals surface area contributed by atoms with Crippen LogP contribution in [0.1, 0.15) is 38.7 Å². The van der Waals surface area contributed by atoms with E-state index in [1.165, 1.54) is 6.07 Å². The first-order chi connectivity index (χ1) is 12.0. The number of hydrogen-bond donors (Lipinski definition) is 1. The average molecular weight is 349 g/mol. The summed E-state index contributed by atoms with van der Waals surface area (Å²) in [5.74, 6) is -0.490. The van der Waals surface area contributed by atoms with Crippen LogP contribution in [0.3, 0.4) is 0 Å². The van der Waals surface area contributed by atoms with Gasteiger partial charge in [0.15, 0.2) is 0 Å². The quantitative estimate of drug-likeness (QED) is 0.821. The maximum Gasteiger partial charge on any atom is 0.237 e. The number of halogens is 1. The van der Waals surface area contributed by atoms with Crippen molar-refractivity contribution in [3.05, 3.63) is 35.6 Å². The second-order valence-corrected chi connectivity index (χ2v) is 6.55. The van der Waals surface area contributed by atoms with Gasteiger partial charge in [-0.05, 0) is 18.9 Å². The molecule has 5 nitrogen and oxygen atoms in total. The SMILES string of the molecule is CCC(CC)N(C)C(=O)CC1C(=O)NCCN1Cc1ccccc1F. The Balaban J connectivity index is 2.10. The highest BCUT2D eigenvalue weighted by molar-refractivity contribution is 5.88. The first-order valence-electron chi connectivity index (χ1n) is 8.98. The highest BCUT2D eigenvalue weighted by Gasteiger charge is 2.33. The predicted octanol–water partition coefficient (Wildman–Crippen LogP) is 2.16. The van der Waals surface area contributed by atoms with Crippen LogP contribution in [-0.4, -0.2) is 53.8 Å². The van der Waals surface area contributed by atoms with E-state index >= 15 is 0 Å². The Hall–Kier alpha value is -1.95. The van der Waals surface area contributed by atoms with Gasteiger partial charge in [0.05, 0.1) is 12.5 Å². The number of benzene rings is 1.